The summed E-state index contributed by atoms with van der Waals surface area (Å²) < 4.78 is 37.6. The first-order chi connectivity index (χ1) is 10.2. The number of hydrogen-bond acceptors (Lipinski definition) is 6. The van der Waals surface area contributed by atoms with Gasteiger partial charge in [0.2, 0.25) is 5.89 Å². The molecule has 0 saturated heterocycles. The van der Waals surface area contributed by atoms with E-state index in [1.54, 1.807) is 33.1 Å². The molecule has 0 atom stereocenters. The average molecular weight is 325 g/mol. The van der Waals surface area contributed by atoms with Gasteiger partial charge in [0.15, 0.2) is 0 Å². The van der Waals surface area contributed by atoms with E-state index in [1.807, 2.05) is 13.8 Å². The first kappa shape index (κ1) is 16.3. The molecule has 1 aromatic carbocycles. The largest absolute Gasteiger partial charge is 0.496 e. The molecule has 1 aromatic heterocycles. The Morgan fingerprint density at radius 3 is 2.45 bits per heavy atom. The van der Waals surface area contributed by atoms with E-state index >= 15 is 0 Å². The number of sulfonamides is 1. The molecular weight excluding hydrogens is 306 g/mol. The molecular formula is C14H19N3O4S. The zero-order valence-corrected chi connectivity index (χ0v) is 14.0. The number of nitrogens with one attached hydrogen (secondary N) is 1. The lowest BCUT2D eigenvalue weighted by Gasteiger charge is -2.16. The van der Waals surface area contributed by atoms with E-state index in [0.717, 1.165) is 5.56 Å². The van der Waals surface area contributed by atoms with Crippen molar-refractivity contribution in [3.8, 4) is 5.75 Å². The number of benzene rings is 1. The van der Waals surface area contributed by atoms with Gasteiger partial charge in [-0.25, -0.2) is 13.1 Å². The van der Waals surface area contributed by atoms with Crippen LogP contribution in [0.3, 0.4) is 0 Å². The fourth-order valence-electron chi connectivity index (χ4n) is 2.10. The van der Waals surface area contributed by atoms with Crippen molar-refractivity contribution in [2.75, 3.05) is 11.8 Å². The Morgan fingerprint density at radius 1 is 1.27 bits per heavy atom. The van der Waals surface area contributed by atoms with E-state index in [1.165, 1.54) is 0 Å². The Hall–Kier alpha value is -2.09. The van der Waals surface area contributed by atoms with E-state index < -0.39 is 10.0 Å². The Morgan fingerprint density at radius 2 is 1.95 bits per heavy atom. The molecule has 0 spiro atoms. The molecule has 0 radical (unpaired) electrons. The molecule has 0 fully saturated rings. The summed E-state index contributed by atoms with van der Waals surface area (Å²) in [6.45, 7) is 7.21. The van der Waals surface area contributed by atoms with Crippen molar-refractivity contribution in [3.05, 3.63) is 29.2 Å². The highest BCUT2D eigenvalue weighted by Gasteiger charge is 2.24. The number of anilines is 1. The van der Waals surface area contributed by atoms with Crippen LogP contribution >= 0.6 is 0 Å². The molecule has 0 saturated carbocycles. The van der Waals surface area contributed by atoms with Crippen molar-refractivity contribution in [2.24, 2.45) is 0 Å². The van der Waals surface area contributed by atoms with Gasteiger partial charge in [-0.3, -0.25) is 0 Å². The van der Waals surface area contributed by atoms with Gasteiger partial charge in [-0.1, -0.05) is 13.8 Å². The fraction of sp³-hybridized carbons (Fsp3) is 0.429. The van der Waals surface area contributed by atoms with Crippen molar-refractivity contribution < 1.29 is 17.7 Å². The van der Waals surface area contributed by atoms with Crippen LogP contribution in [-0.2, 0) is 10.0 Å². The van der Waals surface area contributed by atoms with Gasteiger partial charge in [-0.15, -0.1) is 0 Å². The zero-order valence-electron chi connectivity index (χ0n) is 13.2. The number of nitrogens with zero attached hydrogens (tertiary/aromatic N) is 2. The second-order valence-electron chi connectivity index (χ2n) is 5.26. The minimum atomic E-state index is -3.81. The van der Waals surface area contributed by atoms with Gasteiger partial charge in [0.1, 0.15) is 5.75 Å². The van der Waals surface area contributed by atoms with E-state index in [9.17, 15) is 8.42 Å². The van der Waals surface area contributed by atoms with Crippen LogP contribution in [0.5, 0.6) is 5.75 Å². The van der Waals surface area contributed by atoms with Crippen LogP contribution in [0.2, 0.25) is 0 Å². The number of aryl methyl sites for hydroxylation is 2. The lowest BCUT2D eigenvalue weighted by molar-refractivity contribution is 0.395. The molecule has 22 heavy (non-hydrogen) atoms. The number of aromatic nitrogens is 2. The third kappa shape index (κ3) is 3.22. The molecule has 2 rings (SSSR count). The normalized spacial score (nSPS) is 11.7. The minimum absolute atomic E-state index is 0.00748. The van der Waals surface area contributed by atoms with Gasteiger partial charge in [0, 0.05) is 6.92 Å². The second-order valence-corrected chi connectivity index (χ2v) is 6.91. The van der Waals surface area contributed by atoms with E-state index in [-0.39, 0.29) is 22.7 Å². The van der Waals surface area contributed by atoms with Crippen LogP contribution in [-0.4, -0.2) is 25.7 Å². The van der Waals surface area contributed by atoms with Crippen LogP contribution in [0.15, 0.2) is 21.6 Å². The quantitative estimate of drug-likeness (QED) is 0.908. The summed E-state index contributed by atoms with van der Waals surface area (Å²) in [5, 5.41) is 3.56. The number of hydrogen-bond donors (Lipinski definition) is 1. The number of methoxy groups -OCH3 is 1. The van der Waals surface area contributed by atoms with Gasteiger partial charge in [0.25, 0.3) is 16.0 Å². The molecule has 0 amide bonds. The number of ether oxygens (including phenoxy) is 1. The molecule has 120 valence electrons. The predicted molar refractivity (Wildman–Crippen MR) is 81.7 cm³/mol. The topological polar surface area (TPSA) is 94.3 Å². The average Bonchev–Trinajstić information content (AvgIpc) is 2.82. The maximum Gasteiger partial charge on any atom is 0.277 e. The first-order valence-electron chi connectivity index (χ1n) is 6.76. The van der Waals surface area contributed by atoms with Gasteiger partial charge in [0.05, 0.1) is 12.0 Å². The van der Waals surface area contributed by atoms with Crippen LogP contribution in [0.1, 0.15) is 36.8 Å². The smallest absolute Gasteiger partial charge is 0.277 e. The first-order valence-corrected chi connectivity index (χ1v) is 8.24. The van der Waals surface area contributed by atoms with Crippen molar-refractivity contribution >= 4 is 16.0 Å². The third-order valence-corrected chi connectivity index (χ3v) is 4.58. The van der Waals surface area contributed by atoms with Crippen LogP contribution in [0.4, 0.5) is 5.95 Å². The monoisotopic (exact) mass is 325 g/mol. The molecule has 0 aliphatic rings. The maximum absolute atomic E-state index is 12.6. The molecule has 1 heterocycles. The van der Waals surface area contributed by atoms with Crippen LogP contribution < -0.4 is 9.46 Å². The summed E-state index contributed by atoms with van der Waals surface area (Å²) in [7, 11) is -2.26. The fourth-order valence-corrected chi connectivity index (χ4v) is 3.47. The molecule has 8 heteroatoms. The summed E-state index contributed by atoms with van der Waals surface area (Å²) in [5.41, 5.74) is 1.40. The summed E-state index contributed by atoms with van der Waals surface area (Å²) in [6.07, 6.45) is 0. The molecule has 0 aliphatic carbocycles. The Labute approximate surface area is 129 Å². The van der Waals surface area contributed by atoms with Crippen molar-refractivity contribution in [1.29, 1.82) is 0 Å². The summed E-state index contributed by atoms with van der Waals surface area (Å²) in [4.78, 5) is 4.04. The summed E-state index contributed by atoms with van der Waals surface area (Å²) in [5.74, 6) is 0.861. The highest BCUT2D eigenvalue weighted by molar-refractivity contribution is 7.92. The maximum atomic E-state index is 12.6. The third-order valence-electron chi connectivity index (χ3n) is 3.19. The van der Waals surface area contributed by atoms with Crippen molar-refractivity contribution in [2.45, 2.75) is 38.5 Å². The molecule has 2 aromatic rings. The Bertz CT molecular complexity index is 781. The highest BCUT2D eigenvalue weighted by atomic mass is 32.2. The number of rotatable bonds is 5. The van der Waals surface area contributed by atoms with E-state index in [0.29, 0.717) is 11.3 Å². The van der Waals surface area contributed by atoms with E-state index in [2.05, 4.69) is 14.9 Å². The highest BCUT2D eigenvalue weighted by Crippen LogP contribution is 2.31. The molecule has 1 N–H and O–H groups in total. The molecule has 7 nitrogen and oxygen atoms in total. The van der Waals surface area contributed by atoms with Crippen molar-refractivity contribution in [3.63, 3.8) is 0 Å². The molecule has 0 unspecified atom stereocenters. The van der Waals surface area contributed by atoms with Crippen LogP contribution in [0, 0.1) is 13.8 Å². The summed E-state index contributed by atoms with van der Waals surface area (Å²) in [6, 6.07) is 3.33. The van der Waals surface area contributed by atoms with Gasteiger partial charge < -0.3 is 9.26 Å². The lowest BCUT2D eigenvalue weighted by Crippen LogP contribution is -2.17. The van der Waals surface area contributed by atoms with Crippen LogP contribution in [0.25, 0.3) is 0 Å². The van der Waals surface area contributed by atoms with Gasteiger partial charge >= 0.3 is 0 Å². The summed E-state index contributed by atoms with van der Waals surface area (Å²) >= 11 is 0. The minimum Gasteiger partial charge on any atom is -0.496 e. The van der Waals surface area contributed by atoms with Crippen molar-refractivity contribution in [1.82, 2.24) is 10.1 Å². The zero-order chi connectivity index (χ0) is 16.5. The Balaban J connectivity index is 2.52. The predicted octanol–water partition coefficient (Wildman–Crippen LogP) is 2.62. The lowest BCUT2D eigenvalue weighted by atomic mass is 10.0. The Kier molecular flexibility index (Phi) is 4.41. The second kappa shape index (κ2) is 5.96. The standard InChI is InChI=1S/C14H19N3O4S/c1-8(2)11-7-12(20-5)9(3)6-13(11)22(18,19)17-14-15-10(4)21-16-14/h6-8H,1-5H3,(H,16,17). The molecule has 0 aliphatic heterocycles. The van der Waals surface area contributed by atoms with Gasteiger partial charge in [-0.2, -0.15) is 4.98 Å². The van der Waals surface area contributed by atoms with Gasteiger partial charge in [-0.05, 0) is 41.3 Å². The van der Waals surface area contributed by atoms with E-state index in [4.69, 9.17) is 9.26 Å². The molecule has 0 bridgehead atoms. The SMILES string of the molecule is COc1cc(C(C)C)c(S(=O)(=O)Nc2noc(C)n2)cc1C.